The molecule has 2 rings (SSSR count). The minimum atomic E-state index is -0.623. The lowest BCUT2D eigenvalue weighted by Gasteiger charge is -2.06. The van der Waals surface area contributed by atoms with E-state index in [-0.39, 0.29) is 13.8 Å². The van der Waals surface area contributed by atoms with Crippen LogP contribution in [0.4, 0.5) is 0 Å². The van der Waals surface area contributed by atoms with Crippen LogP contribution in [0.15, 0.2) is 68.0 Å². The maximum absolute atomic E-state index is 11.6. The van der Waals surface area contributed by atoms with Gasteiger partial charge in [0.25, 0.3) is 0 Å². The minimum Gasteiger partial charge on any atom is -0.497 e. The Hall–Kier alpha value is -1.51. The van der Waals surface area contributed by atoms with Gasteiger partial charge >= 0.3 is 5.70 Å². The number of allylic oxidation sites excluding steroid dienone is 1. The number of ether oxygens (including phenoxy) is 2. The Morgan fingerprint density at radius 1 is 0.833 bits per heavy atom. The van der Waals surface area contributed by atoms with Crippen molar-refractivity contribution in [1.29, 1.82) is 0 Å². The van der Waals surface area contributed by atoms with E-state index in [2.05, 4.69) is 0 Å². The molecule has 0 unspecified atom stereocenters. The quantitative estimate of drug-likeness (QED) is 0.193. The van der Waals surface area contributed by atoms with Gasteiger partial charge in [-0.05, 0) is 35.4 Å². The summed E-state index contributed by atoms with van der Waals surface area (Å²) in [5.74, 6) is 2.38. The fourth-order valence-corrected chi connectivity index (χ4v) is 4.72. The second-order valence-electron chi connectivity index (χ2n) is 5.74. The molecule has 10 heteroatoms. The Kier molecular flexibility index (Phi) is 10.2. The van der Waals surface area contributed by atoms with E-state index in [0.717, 1.165) is 34.4 Å². The lowest BCUT2D eigenvalue weighted by atomic mass is 10.2. The highest BCUT2D eigenvalue weighted by atomic mass is 35.5. The van der Waals surface area contributed by atoms with Crippen LogP contribution < -0.4 is 9.47 Å². The van der Waals surface area contributed by atoms with Crippen LogP contribution >= 0.6 is 58.3 Å². The number of hydrogen-bond acceptors (Lipinski definition) is 6. The molecule has 0 spiro atoms. The summed E-state index contributed by atoms with van der Waals surface area (Å²) < 4.78 is 10.3. The van der Waals surface area contributed by atoms with Gasteiger partial charge in [0.1, 0.15) is 16.5 Å². The van der Waals surface area contributed by atoms with Gasteiger partial charge in [-0.15, -0.1) is 23.5 Å². The van der Waals surface area contributed by atoms with Gasteiger partial charge in [-0.1, -0.05) is 59.1 Å². The van der Waals surface area contributed by atoms with Crippen LogP contribution in [-0.4, -0.2) is 19.1 Å². The monoisotopic (exact) mass is 505 g/mol. The molecule has 0 saturated carbocycles. The van der Waals surface area contributed by atoms with Crippen molar-refractivity contribution in [2.24, 2.45) is 0 Å². The second kappa shape index (κ2) is 12.4. The summed E-state index contributed by atoms with van der Waals surface area (Å²) in [7, 11) is 3.17. The van der Waals surface area contributed by atoms with Crippen LogP contribution in [-0.2, 0) is 11.5 Å². The third-order valence-corrected chi connectivity index (χ3v) is 7.26. The molecular weight excluding hydrogens is 489 g/mol. The van der Waals surface area contributed by atoms with Gasteiger partial charge in [-0.2, -0.15) is 0 Å². The van der Waals surface area contributed by atoms with Crippen LogP contribution in [0.2, 0.25) is 0 Å². The van der Waals surface area contributed by atoms with Crippen molar-refractivity contribution < 1.29 is 14.4 Å². The van der Waals surface area contributed by atoms with Crippen LogP contribution in [0.25, 0.3) is 0 Å². The molecule has 0 aliphatic heterocycles. The lowest BCUT2D eigenvalue weighted by Crippen LogP contribution is -2.01. The number of thioether (sulfide) groups is 2. The number of nitro groups is 1. The first-order valence-electron chi connectivity index (χ1n) is 8.47. The smallest absolute Gasteiger partial charge is 0.314 e. The number of halogens is 3. The van der Waals surface area contributed by atoms with Gasteiger partial charge < -0.3 is 9.47 Å². The van der Waals surface area contributed by atoms with Crippen molar-refractivity contribution in [2.45, 2.75) is 11.5 Å². The summed E-state index contributed by atoms with van der Waals surface area (Å²) in [6, 6.07) is 14.7. The second-order valence-corrected chi connectivity index (χ2v) is 9.29. The average Bonchev–Trinajstić information content (AvgIpc) is 2.76. The molecule has 30 heavy (non-hydrogen) atoms. The van der Waals surface area contributed by atoms with E-state index in [9.17, 15) is 10.1 Å². The molecule has 0 saturated heterocycles. The summed E-state index contributed by atoms with van der Waals surface area (Å²) in [5.41, 5.74) is 1.49. The van der Waals surface area contributed by atoms with Gasteiger partial charge in [0.15, 0.2) is 4.36 Å². The lowest BCUT2D eigenvalue weighted by molar-refractivity contribution is -0.419. The summed E-state index contributed by atoms with van der Waals surface area (Å²) in [6.07, 6.45) is 0. The largest absolute Gasteiger partial charge is 0.497 e. The molecule has 0 heterocycles. The maximum Gasteiger partial charge on any atom is 0.314 e. The molecule has 5 nitrogen and oxygen atoms in total. The summed E-state index contributed by atoms with van der Waals surface area (Å²) in [5, 5.41) is 11.4. The fourth-order valence-electron chi connectivity index (χ4n) is 2.20. The van der Waals surface area contributed by atoms with Crippen molar-refractivity contribution in [2.75, 3.05) is 14.2 Å². The molecular formula is C20H18Cl3NO4S2. The van der Waals surface area contributed by atoms with Gasteiger partial charge in [0.2, 0.25) is 0 Å². The first kappa shape index (κ1) is 24.8. The molecule has 0 aromatic heterocycles. The number of nitrogens with zero attached hydrogens (tertiary/aromatic N) is 1. The first-order valence-corrected chi connectivity index (χ1v) is 11.6. The van der Waals surface area contributed by atoms with Crippen molar-refractivity contribution in [1.82, 2.24) is 0 Å². The highest BCUT2D eigenvalue weighted by Gasteiger charge is 2.25. The van der Waals surface area contributed by atoms with E-state index in [1.165, 1.54) is 11.8 Å². The Bertz CT molecular complexity index is 932. The molecule has 0 bridgehead atoms. The number of benzene rings is 2. The minimum absolute atomic E-state index is 0.0379. The molecule has 0 aliphatic carbocycles. The maximum atomic E-state index is 11.6. The first-order chi connectivity index (χ1) is 14.3. The Labute approximate surface area is 198 Å². The van der Waals surface area contributed by atoms with Gasteiger partial charge in [0.05, 0.1) is 23.5 Å². The topological polar surface area (TPSA) is 61.6 Å². The molecule has 0 fully saturated rings. The summed E-state index contributed by atoms with van der Waals surface area (Å²) in [6.45, 7) is 0. The zero-order valence-electron chi connectivity index (χ0n) is 16.1. The van der Waals surface area contributed by atoms with Crippen LogP contribution in [0.1, 0.15) is 11.1 Å². The highest BCUT2D eigenvalue weighted by Crippen LogP contribution is 2.38. The van der Waals surface area contributed by atoms with E-state index in [1.807, 2.05) is 48.5 Å². The molecule has 2 aromatic carbocycles. The van der Waals surface area contributed by atoms with Gasteiger partial charge in [-0.25, -0.2) is 0 Å². The predicted molar refractivity (Wildman–Crippen MR) is 127 cm³/mol. The van der Waals surface area contributed by atoms with E-state index in [1.54, 1.807) is 14.2 Å². The van der Waals surface area contributed by atoms with E-state index >= 15 is 0 Å². The highest BCUT2D eigenvalue weighted by molar-refractivity contribution is 8.04. The predicted octanol–water partition coefficient (Wildman–Crippen LogP) is 7.20. The van der Waals surface area contributed by atoms with Crippen molar-refractivity contribution in [3.63, 3.8) is 0 Å². The molecule has 0 radical (unpaired) electrons. The Morgan fingerprint density at radius 2 is 1.23 bits per heavy atom. The third kappa shape index (κ3) is 7.32. The molecule has 2 aromatic rings. The normalized spacial score (nSPS) is 12.7. The van der Waals surface area contributed by atoms with Crippen LogP contribution in [0.5, 0.6) is 11.5 Å². The number of methoxy groups -OCH3 is 2. The van der Waals surface area contributed by atoms with E-state index in [0.29, 0.717) is 11.5 Å². The molecule has 0 amide bonds. The van der Waals surface area contributed by atoms with Crippen LogP contribution in [0.3, 0.4) is 0 Å². The van der Waals surface area contributed by atoms with Crippen molar-refractivity contribution in [3.05, 3.63) is 89.2 Å². The van der Waals surface area contributed by atoms with Gasteiger partial charge in [-0.3, -0.25) is 10.1 Å². The average molecular weight is 507 g/mol. The number of hydrogen-bond donors (Lipinski definition) is 0. The van der Waals surface area contributed by atoms with E-state index < -0.39 is 10.6 Å². The Morgan fingerprint density at radius 3 is 1.60 bits per heavy atom. The molecule has 0 atom stereocenters. The SMILES string of the molecule is COc1ccc(CS/C(Cl)=C(Cl)\C(=C(\Cl)SCc2ccc(OC)cc2)[N+](=O)[O-])cc1. The third-order valence-electron chi connectivity index (χ3n) is 3.80. The van der Waals surface area contributed by atoms with Crippen LogP contribution in [0, 0.1) is 10.1 Å². The Balaban J connectivity index is 2.10. The molecule has 0 N–H and O–H groups in total. The van der Waals surface area contributed by atoms with Gasteiger partial charge in [0, 0.05) is 11.5 Å². The fraction of sp³-hybridized carbons (Fsp3) is 0.200. The molecule has 0 aliphatic rings. The van der Waals surface area contributed by atoms with Crippen molar-refractivity contribution >= 4 is 58.3 Å². The summed E-state index contributed by atoms with van der Waals surface area (Å²) in [4.78, 5) is 10.9. The van der Waals surface area contributed by atoms with Crippen molar-refractivity contribution in [3.8, 4) is 11.5 Å². The van der Waals surface area contributed by atoms with E-state index in [4.69, 9.17) is 44.3 Å². The zero-order valence-corrected chi connectivity index (χ0v) is 20.0. The summed E-state index contributed by atoms with van der Waals surface area (Å²) >= 11 is 21.0. The zero-order chi connectivity index (χ0) is 22.1. The standard InChI is InChI=1S/C20H18Cl3NO4S2/c1-27-15-7-3-13(4-8-15)11-29-19(22)17(21)18(24(25)26)20(23)30-12-14-5-9-16(28-2)10-6-14/h3-10H,11-12H2,1-2H3/b19-17+,20-18+. The molecule has 160 valence electrons. The number of rotatable bonds is 10.